The zero-order chi connectivity index (χ0) is 16.5. The van der Waals surface area contributed by atoms with Crippen LogP contribution in [0.5, 0.6) is 0 Å². The van der Waals surface area contributed by atoms with E-state index in [0.717, 1.165) is 49.8 Å². The summed E-state index contributed by atoms with van der Waals surface area (Å²) < 4.78 is 0. The normalized spacial score (nSPS) is 20.7. The van der Waals surface area contributed by atoms with Gasteiger partial charge in [-0.05, 0) is 23.8 Å². The summed E-state index contributed by atoms with van der Waals surface area (Å²) in [6.45, 7) is 3.91. The molecule has 3 heterocycles. The fraction of sp³-hybridized carbons (Fsp3) is 0.438. The zero-order valence-electron chi connectivity index (χ0n) is 13.2. The molecule has 1 amide bonds. The summed E-state index contributed by atoms with van der Waals surface area (Å²) in [6, 6.07) is 5.55. The summed E-state index contributed by atoms with van der Waals surface area (Å²) >= 11 is 6.03. The van der Waals surface area contributed by atoms with Crippen LogP contribution in [-0.4, -0.2) is 63.1 Å². The first kappa shape index (κ1) is 15.4. The minimum atomic E-state index is -0.181. The number of carbonyl (C=O) groups excluding carboxylic acids is 1. The predicted octanol–water partition coefficient (Wildman–Crippen LogP) is 1.14. The van der Waals surface area contributed by atoms with Crippen LogP contribution in [0.3, 0.4) is 0 Å². The monoisotopic (exact) mass is 346 g/mol. The van der Waals surface area contributed by atoms with Crippen molar-refractivity contribution in [1.82, 2.24) is 25.0 Å². The van der Waals surface area contributed by atoms with Crippen LogP contribution >= 0.6 is 11.6 Å². The lowest BCUT2D eigenvalue weighted by molar-refractivity contribution is -0.133. The van der Waals surface area contributed by atoms with Crippen LogP contribution in [0, 0.1) is 0 Å². The first-order valence-corrected chi connectivity index (χ1v) is 8.47. The second kappa shape index (κ2) is 6.41. The average molecular weight is 347 g/mol. The quantitative estimate of drug-likeness (QED) is 0.871. The van der Waals surface area contributed by atoms with Gasteiger partial charge in [-0.2, -0.15) is 5.10 Å². The molecule has 0 bridgehead atoms. The highest BCUT2D eigenvalue weighted by Gasteiger charge is 2.32. The lowest BCUT2D eigenvalue weighted by Crippen LogP contribution is -2.52. The molecule has 1 aromatic carbocycles. The van der Waals surface area contributed by atoms with E-state index >= 15 is 0 Å². The number of hydrogen-bond donors (Lipinski definition) is 2. The van der Waals surface area contributed by atoms with Crippen LogP contribution in [0.2, 0.25) is 5.02 Å². The number of H-pyrrole nitrogens is 1. The van der Waals surface area contributed by atoms with Crippen molar-refractivity contribution in [1.29, 1.82) is 0 Å². The average Bonchev–Trinajstić information content (AvgIpc) is 3.24. The largest absolute Gasteiger partial charge is 0.373 e. The number of benzene rings is 1. The number of nitrogens with zero attached hydrogens (tertiary/aromatic N) is 4. The maximum absolute atomic E-state index is 12.8. The Bertz CT molecular complexity index is 726. The number of amides is 1. The molecule has 2 aromatic rings. The van der Waals surface area contributed by atoms with Crippen LogP contribution in [-0.2, 0) is 17.8 Å². The molecule has 24 heavy (non-hydrogen) atoms. The molecule has 2 aliphatic rings. The van der Waals surface area contributed by atoms with Crippen molar-refractivity contribution in [3.05, 3.63) is 40.9 Å². The minimum Gasteiger partial charge on any atom is -0.373 e. The number of anilines is 1. The third kappa shape index (κ3) is 3.09. The van der Waals surface area contributed by atoms with Gasteiger partial charge in [0.25, 0.3) is 0 Å². The minimum absolute atomic E-state index is 0.168. The van der Waals surface area contributed by atoms with Crippen molar-refractivity contribution in [3.8, 4) is 0 Å². The maximum Gasteiger partial charge on any atom is 0.245 e. The Labute approximate surface area is 145 Å². The molecule has 0 saturated carbocycles. The van der Waals surface area contributed by atoms with Gasteiger partial charge < -0.3 is 10.2 Å². The molecule has 0 radical (unpaired) electrons. The maximum atomic E-state index is 12.8. The Kier molecular flexibility index (Phi) is 4.12. The first-order valence-electron chi connectivity index (χ1n) is 8.09. The van der Waals surface area contributed by atoms with Gasteiger partial charge in [0.15, 0.2) is 0 Å². The number of rotatable bonds is 3. The number of hydrogen-bond acceptors (Lipinski definition) is 5. The number of piperazine rings is 1. The van der Waals surface area contributed by atoms with Crippen molar-refractivity contribution in [2.75, 3.05) is 31.5 Å². The number of halogens is 1. The Morgan fingerprint density at radius 1 is 1.29 bits per heavy atom. The Morgan fingerprint density at radius 3 is 2.88 bits per heavy atom. The molecule has 1 aromatic heterocycles. The highest BCUT2D eigenvalue weighted by Crippen LogP contribution is 2.29. The molecule has 1 saturated heterocycles. The summed E-state index contributed by atoms with van der Waals surface area (Å²) in [6.07, 6.45) is 2.22. The molecule has 126 valence electrons. The first-order chi connectivity index (χ1) is 11.7. The van der Waals surface area contributed by atoms with Crippen molar-refractivity contribution in [2.24, 2.45) is 0 Å². The second-order valence-electron chi connectivity index (χ2n) is 6.24. The van der Waals surface area contributed by atoms with Gasteiger partial charge in [0.2, 0.25) is 5.91 Å². The van der Waals surface area contributed by atoms with Crippen LogP contribution in [0.15, 0.2) is 24.5 Å². The fourth-order valence-electron chi connectivity index (χ4n) is 3.35. The van der Waals surface area contributed by atoms with Gasteiger partial charge in [-0.15, -0.1) is 0 Å². The fourth-order valence-corrected chi connectivity index (χ4v) is 3.54. The summed E-state index contributed by atoms with van der Waals surface area (Å²) in [5.74, 6) is 1.03. The van der Waals surface area contributed by atoms with Crippen molar-refractivity contribution in [3.63, 3.8) is 0 Å². The van der Waals surface area contributed by atoms with Crippen LogP contribution < -0.4 is 5.32 Å². The van der Waals surface area contributed by atoms with E-state index in [-0.39, 0.29) is 11.9 Å². The molecule has 0 spiro atoms. The molecule has 0 unspecified atom stereocenters. The molecule has 1 atom stereocenters. The van der Waals surface area contributed by atoms with Gasteiger partial charge >= 0.3 is 0 Å². The summed E-state index contributed by atoms with van der Waals surface area (Å²) in [5.41, 5.74) is 2.13. The van der Waals surface area contributed by atoms with Gasteiger partial charge in [-0.1, -0.05) is 11.6 Å². The van der Waals surface area contributed by atoms with Gasteiger partial charge in [0, 0.05) is 43.3 Å². The third-order valence-electron chi connectivity index (χ3n) is 4.64. The van der Waals surface area contributed by atoms with E-state index in [9.17, 15) is 4.79 Å². The van der Waals surface area contributed by atoms with Crippen LogP contribution in [0.25, 0.3) is 0 Å². The van der Waals surface area contributed by atoms with E-state index in [1.807, 2.05) is 23.1 Å². The van der Waals surface area contributed by atoms with E-state index in [2.05, 4.69) is 25.4 Å². The molecule has 2 N–H and O–H groups in total. The SMILES string of the molecule is O=C([C@@H]1Cc2cc(Cl)ccc2N1)N1CCN(Cc2ncn[nH]2)CC1. The Balaban J connectivity index is 1.32. The molecule has 4 rings (SSSR count). The van der Waals surface area contributed by atoms with E-state index in [0.29, 0.717) is 11.4 Å². The summed E-state index contributed by atoms with van der Waals surface area (Å²) in [4.78, 5) is 21.1. The van der Waals surface area contributed by atoms with E-state index in [1.165, 1.54) is 6.33 Å². The van der Waals surface area contributed by atoms with Crippen molar-refractivity contribution < 1.29 is 4.79 Å². The molecular formula is C16H19ClN6O. The molecule has 7 nitrogen and oxygen atoms in total. The molecule has 1 fully saturated rings. The van der Waals surface area contributed by atoms with Gasteiger partial charge in [-0.25, -0.2) is 4.98 Å². The summed E-state index contributed by atoms with van der Waals surface area (Å²) in [7, 11) is 0. The number of carbonyl (C=O) groups is 1. The second-order valence-corrected chi connectivity index (χ2v) is 6.67. The predicted molar refractivity (Wildman–Crippen MR) is 90.8 cm³/mol. The number of fused-ring (bicyclic) bond motifs is 1. The highest BCUT2D eigenvalue weighted by molar-refractivity contribution is 6.30. The summed E-state index contributed by atoms with van der Waals surface area (Å²) in [5, 5.41) is 10.8. The van der Waals surface area contributed by atoms with Gasteiger partial charge in [-0.3, -0.25) is 14.8 Å². The van der Waals surface area contributed by atoms with Gasteiger partial charge in [0.1, 0.15) is 18.2 Å². The molecule has 2 aliphatic heterocycles. The number of aromatic amines is 1. The smallest absolute Gasteiger partial charge is 0.245 e. The number of aromatic nitrogens is 3. The van der Waals surface area contributed by atoms with E-state index < -0.39 is 0 Å². The Hall–Kier alpha value is -2.12. The topological polar surface area (TPSA) is 77.2 Å². The Morgan fingerprint density at radius 2 is 2.12 bits per heavy atom. The van der Waals surface area contributed by atoms with Crippen molar-refractivity contribution in [2.45, 2.75) is 19.0 Å². The highest BCUT2D eigenvalue weighted by atomic mass is 35.5. The zero-order valence-corrected chi connectivity index (χ0v) is 14.0. The van der Waals surface area contributed by atoms with Crippen LogP contribution in [0.4, 0.5) is 5.69 Å². The molecule has 0 aliphatic carbocycles. The van der Waals surface area contributed by atoms with Crippen LogP contribution in [0.1, 0.15) is 11.4 Å². The van der Waals surface area contributed by atoms with Gasteiger partial charge in [0.05, 0.1) is 6.54 Å². The molecular weight excluding hydrogens is 328 g/mol. The van der Waals surface area contributed by atoms with Crippen molar-refractivity contribution >= 4 is 23.2 Å². The standard InChI is InChI=1S/C16H19ClN6O/c17-12-1-2-13-11(7-12)8-14(20-13)16(24)23-5-3-22(4-6-23)9-15-18-10-19-21-15/h1-2,7,10,14,20H,3-6,8-9H2,(H,18,19,21)/t14-/m0/s1. The van der Waals surface area contributed by atoms with E-state index in [1.54, 1.807) is 0 Å². The lowest BCUT2D eigenvalue weighted by atomic mass is 10.1. The third-order valence-corrected chi connectivity index (χ3v) is 4.88. The number of nitrogens with one attached hydrogen (secondary N) is 2. The van der Waals surface area contributed by atoms with E-state index in [4.69, 9.17) is 11.6 Å². The lowest BCUT2D eigenvalue weighted by Gasteiger charge is -2.35. The molecule has 8 heteroatoms.